The van der Waals surface area contributed by atoms with Crippen LogP contribution in [0.2, 0.25) is 0 Å². The minimum atomic E-state index is -4.70. The minimum absolute atomic E-state index is 0.00549. The Kier molecular flexibility index (Phi) is 5.17. The molecule has 1 amide bonds. The Morgan fingerprint density at radius 3 is 2.42 bits per heavy atom. The van der Waals surface area contributed by atoms with Gasteiger partial charge in [-0.1, -0.05) is 13.0 Å². The van der Waals surface area contributed by atoms with Gasteiger partial charge in [-0.3, -0.25) is 14.2 Å². The number of aliphatic carboxylic acids is 1. The van der Waals surface area contributed by atoms with E-state index in [0.29, 0.717) is 11.5 Å². The Hall–Kier alpha value is -2.09. The van der Waals surface area contributed by atoms with Crippen LogP contribution in [0.3, 0.4) is 0 Å². The molecule has 10 heteroatoms. The molecule has 9 nitrogen and oxygen atoms in total. The molecular weight excluding hydrogens is 341 g/mol. The van der Waals surface area contributed by atoms with Gasteiger partial charge < -0.3 is 29.7 Å². The number of carboxylic acid groups (broad SMARTS) is 1. The fraction of sp³-hybridized carbons (Fsp3) is 0.429. The number of rotatable bonds is 6. The second-order valence-corrected chi connectivity index (χ2v) is 7.24. The topological polar surface area (TPSA) is 142 Å². The first-order chi connectivity index (χ1) is 11.1. The van der Waals surface area contributed by atoms with Gasteiger partial charge in [0.15, 0.2) is 11.5 Å². The number of benzene rings is 1. The summed E-state index contributed by atoms with van der Waals surface area (Å²) >= 11 is 0. The number of nitrogens with one attached hydrogen (secondary N) is 1. The van der Waals surface area contributed by atoms with Crippen molar-refractivity contribution in [3.05, 3.63) is 23.8 Å². The monoisotopic (exact) mass is 359 g/mol. The second-order valence-electron chi connectivity index (χ2n) is 5.50. The van der Waals surface area contributed by atoms with Crippen LogP contribution in [0.25, 0.3) is 0 Å². The molecule has 0 radical (unpaired) electrons. The van der Waals surface area contributed by atoms with Crippen LogP contribution >= 0.6 is 7.60 Å². The number of hydrogen-bond acceptors (Lipinski definition) is 5. The maximum Gasteiger partial charge on any atom is 0.333 e. The van der Waals surface area contributed by atoms with Crippen LogP contribution in [0.5, 0.6) is 11.5 Å². The van der Waals surface area contributed by atoms with E-state index in [0.717, 1.165) is 0 Å². The smallest absolute Gasteiger partial charge is 0.333 e. The van der Waals surface area contributed by atoms with E-state index < -0.39 is 37.1 Å². The van der Waals surface area contributed by atoms with E-state index in [-0.39, 0.29) is 12.4 Å². The van der Waals surface area contributed by atoms with Crippen LogP contribution in [0.4, 0.5) is 0 Å². The summed E-state index contributed by atoms with van der Waals surface area (Å²) in [5, 5.41) is 11.1. The third-order valence-electron chi connectivity index (χ3n) is 3.72. The third kappa shape index (κ3) is 3.87. The van der Waals surface area contributed by atoms with Gasteiger partial charge in [-0.05, 0) is 24.6 Å². The molecule has 0 aromatic heterocycles. The van der Waals surface area contributed by atoms with Crippen LogP contribution in [0.15, 0.2) is 18.2 Å². The molecule has 0 fully saturated rings. The SMILES string of the molecule is CC(C(=O)N[C@@H](C)C(=O)O)C(c1ccc2c(c1)OCO2)P(=O)(O)O. The Bertz CT molecular complexity index is 700. The van der Waals surface area contributed by atoms with E-state index in [1.165, 1.54) is 32.0 Å². The molecule has 24 heavy (non-hydrogen) atoms. The fourth-order valence-corrected chi connectivity index (χ4v) is 3.69. The molecule has 1 heterocycles. The van der Waals surface area contributed by atoms with Crippen molar-refractivity contribution in [3.8, 4) is 11.5 Å². The van der Waals surface area contributed by atoms with Crippen molar-refractivity contribution in [2.75, 3.05) is 6.79 Å². The number of carbonyl (C=O) groups is 2. The summed E-state index contributed by atoms with van der Waals surface area (Å²) in [5.74, 6) is -2.40. The second kappa shape index (κ2) is 6.80. The van der Waals surface area contributed by atoms with Crippen molar-refractivity contribution in [1.82, 2.24) is 5.32 Å². The molecule has 0 saturated carbocycles. The van der Waals surface area contributed by atoms with Crippen LogP contribution in [-0.4, -0.2) is 39.6 Å². The number of carboxylic acids is 1. The molecule has 0 bridgehead atoms. The van der Waals surface area contributed by atoms with E-state index >= 15 is 0 Å². The van der Waals surface area contributed by atoms with Gasteiger partial charge in [-0.25, -0.2) is 0 Å². The van der Waals surface area contributed by atoms with Gasteiger partial charge in [0.1, 0.15) is 6.04 Å². The zero-order valence-corrected chi connectivity index (χ0v) is 13.9. The van der Waals surface area contributed by atoms with E-state index in [2.05, 4.69) is 5.32 Å². The van der Waals surface area contributed by atoms with Crippen LogP contribution in [-0.2, 0) is 14.2 Å². The van der Waals surface area contributed by atoms with Gasteiger partial charge >= 0.3 is 13.6 Å². The van der Waals surface area contributed by atoms with Gasteiger partial charge in [-0.15, -0.1) is 0 Å². The maximum atomic E-state index is 12.2. The molecule has 0 spiro atoms. The lowest BCUT2D eigenvalue weighted by Crippen LogP contribution is -2.42. The Morgan fingerprint density at radius 2 is 1.83 bits per heavy atom. The summed E-state index contributed by atoms with van der Waals surface area (Å²) in [7, 11) is -4.70. The van der Waals surface area contributed by atoms with E-state index in [1.807, 2.05) is 0 Å². The van der Waals surface area contributed by atoms with E-state index in [9.17, 15) is 23.9 Å². The van der Waals surface area contributed by atoms with Crippen molar-refractivity contribution < 1.29 is 38.5 Å². The summed E-state index contributed by atoms with van der Waals surface area (Å²) in [6.45, 7) is 2.60. The Labute approximate surface area is 137 Å². The highest BCUT2D eigenvalue weighted by molar-refractivity contribution is 7.52. The summed E-state index contributed by atoms with van der Waals surface area (Å²) < 4.78 is 22.3. The van der Waals surface area contributed by atoms with Gasteiger partial charge in [0.05, 0.1) is 11.6 Å². The lowest BCUT2D eigenvalue weighted by atomic mass is 9.98. The highest BCUT2D eigenvalue weighted by atomic mass is 31.2. The molecule has 0 aliphatic carbocycles. The highest BCUT2D eigenvalue weighted by Gasteiger charge is 2.40. The Balaban J connectivity index is 2.30. The molecule has 1 aliphatic heterocycles. The van der Waals surface area contributed by atoms with Gasteiger partial charge in [0, 0.05) is 0 Å². The first-order valence-electron chi connectivity index (χ1n) is 7.09. The molecule has 2 rings (SSSR count). The lowest BCUT2D eigenvalue weighted by molar-refractivity contribution is -0.141. The molecule has 1 aromatic rings. The van der Waals surface area contributed by atoms with E-state index in [1.54, 1.807) is 0 Å². The predicted octanol–water partition coefficient (Wildman–Crippen LogP) is 0.859. The molecule has 132 valence electrons. The molecule has 3 atom stereocenters. The number of fused-ring (bicyclic) bond motifs is 1. The summed E-state index contributed by atoms with van der Waals surface area (Å²) in [5.41, 5.74) is -1.23. The Morgan fingerprint density at radius 1 is 1.21 bits per heavy atom. The normalized spacial score (nSPS) is 17.0. The number of hydrogen-bond donors (Lipinski definition) is 4. The summed E-state index contributed by atoms with van der Waals surface area (Å²) in [4.78, 5) is 42.4. The summed E-state index contributed by atoms with van der Waals surface area (Å²) in [6.07, 6.45) is 0. The predicted molar refractivity (Wildman–Crippen MR) is 81.8 cm³/mol. The van der Waals surface area contributed by atoms with Gasteiger partial charge in [0.25, 0.3) is 0 Å². The molecular formula is C14H18NO8P. The van der Waals surface area contributed by atoms with Gasteiger partial charge in [0.2, 0.25) is 12.7 Å². The van der Waals surface area contributed by atoms with Gasteiger partial charge in [-0.2, -0.15) is 0 Å². The van der Waals surface area contributed by atoms with Crippen molar-refractivity contribution >= 4 is 19.5 Å². The highest BCUT2D eigenvalue weighted by Crippen LogP contribution is 2.56. The number of amides is 1. The first kappa shape index (κ1) is 18.3. The average molecular weight is 359 g/mol. The van der Waals surface area contributed by atoms with Crippen molar-refractivity contribution in [1.29, 1.82) is 0 Å². The standard InChI is InChI=1S/C14H18NO8P/c1-7(13(16)15-8(2)14(17)18)12(24(19,20)21)9-3-4-10-11(5-9)23-6-22-10/h3-5,7-8,12H,6H2,1-2H3,(H,15,16)(H,17,18)(H2,19,20,21)/t7?,8-,12?/m0/s1. The zero-order chi connectivity index (χ0) is 18.1. The number of ether oxygens (including phenoxy) is 2. The number of carbonyl (C=O) groups excluding carboxylic acids is 1. The van der Waals surface area contributed by atoms with Crippen LogP contribution in [0, 0.1) is 5.92 Å². The first-order valence-corrected chi connectivity index (χ1v) is 8.77. The molecule has 1 aromatic carbocycles. The molecule has 1 aliphatic rings. The lowest BCUT2D eigenvalue weighted by Gasteiger charge is -2.25. The average Bonchev–Trinajstić information content (AvgIpc) is 2.93. The van der Waals surface area contributed by atoms with Crippen molar-refractivity contribution in [2.24, 2.45) is 5.92 Å². The molecule has 4 N–H and O–H groups in total. The largest absolute Gasteiger partial charge is 0.480 e. The molecule has 2 unspecified atom stereocenters. The van der Waals surface area contributed by atoms with Crippen LogP contribution < -0.4 is 14.8 Å². The van der Waals surface area contributed by atoms with E-state index in [4.69, 9.17) is 14.6 Å². The van der Waals surface area contributed by atoms with Crippen molar-refractivity contribution in [3.63, 3.8) is 0 Å². The maximum absolute atomic E-state index is 12.2. The zero-order valence-electron chi connectivity index (χ0n) is 13.0. The van der Waals surface area contributed by atoms with Crippen molar-refractivity contribution in [2.45, 2.75) is 25.5 Å². The third-order valence-corrected chi connectivity index (χ3v) is 5.19. The summed E-state index contributed by atoms with van der Waals surface area (Å²) in [6, 6.07) is 3.19. The minimum Gasteiger partial charge on any atom is -0.480 e. The fourth-order valence-electron chi connectivity index (χ4n) is 2.42. The quantitative estimate of drug-likeness (QED) is 0.548. The molecule has 0 saturated heterocycles. The van der Waals surface area contributed by atoms with Crippen LogP contribution in [0.1, 0.15) is 25.1 Å².